The van der Waals surface area contributed by atoms with Crippen molar-refractivity contribution in [2.24, 2.45) is 0 Å². The van der Waals surface area contributed by atoms with Gasteiger partial charge in [0.25, 0.3) is 0 Å². The Morgan fingerprint density at radius 2 is 1.66 bits per heavy atom. The predicted octanol–water partition coefficient (Wildman–Crippen LogP) is 4.54. The number of sulfonamides is 1. The molecule has 3 N–H and O–H groups in total. The van der Waals surface area contributed by atoms with Gasteiger partial charge in [-0.2, -0.15) is 0 Å². The monoisotopic (exact) mass is 452 g/mol. The van der Waals surface area contributed by atoms with Crippen LogP contribution in [0.15, 0.2) is 53.4 Å². The van der Waals surface area contributed by atoms with E-state index < -0.39 is 16.0 Å². The number of fused-ring (bicyclic) bond motifs is 2. The molecule has 0 fully saturated rings. The molecule has 1 aliphatic rings. The number of aromatic carboxylic acids is 1. The van der Waals surface area contributed by atoms with E-state index in [2.05, 4.69) is 42.1 Å². The number of rotatable bonds is 6. The second kappa shape index (κ2) is 8.29. The molecule has 0 bridgehead atoms. The van der Waals surface area contributed by atoms with E-state index >= 15 is 0 Å². The van der Waals surface area contributed by atoms with Crippen LogP contribution in [0, 0.1) is 13.8 Å². The lowest BCUT2D eigenvalue weighted by Gasteiger charge is -2.24. The van der Waals surface area contributed by atoms with E-state index in [4.69, 9.17) is 4.74 Å². The van der Waals surface area contributed by atoms with Crippen LogP contribution in [0.4, 0.5) is 11.4 Å². The highest BCUT2D eigenvalue weighted by molar-refractivity contribution is 7.89. The fourth-order valence-corrected chi connectivity index (χ4v) is 4.42. The van der Waals surface area contributed by atoms with E-state index in [1.165, 1.54) is 29.8 Å². The Labute approximate surface area is 187 Å². The van der Waals surface area contributed by atoms with Crippen molar-refractivity contribution in [3.05, 3.63) is 76.3 Å². The Bertz CT molecular complexity index is 1330. The Balaban J connectivity index is 1.63. The van der Waals surface area contributed by atoms with Gasteiger partial charge in [0.2, 0.25) is 10.0 Å². The minimum atomic E-state index is -3.84. The quantitative estimate of drug-likeness (QED) is 0.397. The van der Waals surface area contributed by atoms with Crippen LogP contribution in [0.2, 0.25) is 0 Å². The smallest absolute Gasteiger partial charge is 0.338 e. The summed E-state index contributed by atoms with van der Waals surface area (Å²) in [7, 11) is -2.57. The van der Waals surface area contributed by atoms with Gasteiger partial charge in [-0.1, -0.05) is 24.3 Å². The summed E-state index contributed by atoms with van der Waals surface area (Å²) in [6.45, 7) is 4.19. The van der Waals surface area contributed by atoms with E-state index in [1.54, 1.807) is 0 Å². The van der Waals surface area contributed by atoms with Crippen molar-refractivity contribution in [2.45, 2.75) is 31.6 Å². The number of carboxylic acids is 1. The highest BCUT2D eigenvalue weighted by Crippen LogP contribution is 2.45. The molecular weight excluding hydrogens is 428 g/mol. The molecule has 8 heteroatoms. The Morgan fingerprint density at radius 3 is 2.31 bits per heavy atom. The van der Waals surface area contributed by atoms with Crippen LogP contribution < -0.4 is 14.8 Å². The number of ether oxygens (including phenoxy) is 1. The molecule has 32 heavy (non-hydrogen) atoms. The van der Waals surface area contributed by atoms with Crippen LogP contribution in [-0.2, 0) is 22.9 Å². The number of carbonyl (C=O) groups is 1. The van der Waals surface area contributed by atoms with Crippen molar-refractivity contribution in [3.8, 4) is 11.5 Å². The van der Waals surface area contributed by atoms with Gasteiger partial charge in [0.15, 0.2) is 11.5 Å². The van der Waals surface area contributed by atoms with Gasteiger partial charge >= 0.3 is 5.97 Å². The standard InChI is InChI=1S/C24H24N2O5S/c1-14-4-5-16(10-15(14)2)6-7-17-8-9-20-21(11-17)31-22-13-18(32(29,30)25-3)12-19(24(27)28)23(22)26-20/h4-5,8-13,25-26H,6-7H2,1-3H3,(H,27,28). The molecule has 166 valence electrons. The summed E-state index contributed by atoms with van der Waals surface area (Å²) in [5.41, 5.74) is 5.51. The van der Waals surface area contributed by atoms with Gasteiger partial charge in [0, 0.05) is 6.07 Å². The first-order valence-corrected chi connectivity index (χ1v) is 11.6. The molecule has 4 rings (SSSR count). The molecule has 0 unspecified atom stereocenters. The predicted molar refractivity (Wildman–Crippen MR) is 123 cm³/mol. The maximum absolute atomic E-state index is 12.2. The molecule has 0 aromatic heterocycles. The largest absolute Gasteiger partial charge is 0.478 e. The van der Waals surface area contributed by atoms with Crippen LogP contribution in [-0.4, -0.2) is 26.5 Å². The summed E-state index contributed by atoms with van der Waals surface area (Å²) in [6.07, 6.45) is 1.68. The van der Waals surface area contributed by atoms with E-state index in [9.17, 15) is 18.3 Å². The number of aryl methyl sites for hydroxylation is 4. The van der Waals surface area contributed by atoms with E-state index in [0.717, 1.165) is 24.5 Å². The van der Waals surface area contributed by atoms with Crippen LogP contribution >= 0.6 is 0 Å². The van der Waals surface area contributed by atoms with Crippen molar-refractivity contribution in [3.63, 3.8) is 0 Å². The highest BCUT2D eigenvalue weighted by atomic mass is 32.2. The van der Waals surface area contributed by atoms with Gasteiger partial charge in [-0.15, -0.1) is 0 Å². The van der Waals surface area contributed by atoms with Gasteiger partial charge in [-0.25, -0.2) is 17.9 Å². The zero-order valence-corrected chi connectivity index (χ0v) is 18.8. The molecule has 1 heterocycles. The summed E-state index contributed by atoms with van der Waals surface area (Å²) in [6, 6.07) is 14.6. The molecule has 0 aliphatic carbocycles. The molecule has 1 aliphatic heterocycles. The minimum Gasteiger partial charge on any atom is -0.478 e. The van der Waals surface area contributed by atoms with Crippen molar-refractivity contribution in [1.29, 1.82) is 0 Å². The molecule has 0 spiro atoms. The molecule has 0 saturated carbocycles. The summed E-state index contributed by atoms with van der Waals surface area (Å²) in [5.74, 6) is -0.582. The van der Waals surface area contributed by atoms with Crippen LogP contribution in [0.5, 0.6) is 11.5 Å². The Hall–Kier alpha value is -3.36. The molecular formula is C24H24N2O5S. The number of carboxylic acid groups (broad SMARTS) is 1. The lowest BCUT2D eigenvalue weighted by molar-refractivity contribution is 0.0697. The van der Waals surface area contributed by atoms with Gasteiger partial charge in [0.1, 0.15) is 0 Å². The average molecular weight is 453 g/mol. The second-order valence-electron chi connectivity index (χ2n) is 7.83. The van der Waals surface area contributed by atoms with E-state index in [0.29, 0.717) is 11.4 Å². The zero-order valence-electron chi connectivity index (χ0n) is 18.0. The molecule has 7 nitrogen and oxygen atoms in total. The third-order valence-electron chi connectivity index (χ3n) is 5.68. The first-order chi connectivity index (χ1) is 15.2. The maximum atomic E-state index is 12.2. The zero-order chi connectivity index (χ0) is 23.0. The molecule has 0 amide bonds. The average Bonchev–Trinajstić information content (AvgIpc) is 2.77. The van der Waals surface area contributed by atoms with Crippen molar-refractivity contribution in [2.75, 3.05) is 12.4 Å². The fourth-order valence-electron chi connectivity index (χ4n) is 3.65. The molecule has 0 saturated heterocycles. The Kier molecular flexibility index (Phi) is 5.66. The molecule has 0 radical (unpaired) electrons. The summed E-state index contributed by atoms with van der Waals surface area (Å²) in [4.78, 5) is 11.6. The maximum Gasteiger partial charge on any atom is 0.338 e. The third-order valence-corrected chi connectivity index (χ3v) is 7.08. The number of nitrogens with one attached hydrogen (secondary N) is 2. The van der Waals surface area contributed by atoms with Gasteiger partial charge in [-0.3, -0.25) is 0 Å². The number of anilines is 2. The van der Waals surface area contributed by atoms with Gasteiger partial charge in [0.05, 0.1) is 21.8 Å². The highest BCUT2D eigenvalue weighted by Gasteiger charge is 2.26. The number of hydrogen-bond acceptors (Lipinski definition) is 5. The van der Waals surface area contributed by atoms with Crippen molar-refractivity contribution in [1.82, 2.24) is 4.72 Å². The van der Waals surface area contributed by atoms with Gasteiger partial charge < -0.3 is 15.2 Å². The summed E-state index contributed by atoms with van der Waals surface area (Å²) < 4.78 is 32.7. The lowest BCUT2D eigenvalue weighted by atomic mass is 10.00. The minimum absolute atomic E-state index is 0.150. The molecule has 3 aromatic carbocycles. The van der Waals surface area contributed by atoms with Crippen molar-refractivity contribution < 1.29 is 23.1 Å². The van der Waals surface area contributed by atoms with Crippen LogP contribution in [0.3, 0.4) is 0 Å². The van der Waals surface area contributed by atoms with Gasteiger partial charge in [-0.05, 0) is 74.2 Å². The normalized spacial score (nSPS) is 12.3. The SMILES string of the molecule is CNS(=O)(=O)c1cc2c(c(C(=O)O)c1)Nc1ccc(CCc3ccc(C)c(C)c3)cc1O2. The van der Waals surface area contributed by atoms with E-state index in [-0.39, 0.29) is 21.9 Å². The molecule has 3 aromatic rings. The topological polar surface area (TPSA) is 105 Å². The summed E-state index contributed by atoms with van der Waals surface area (Å²) in [5, 5.41) is 12.7. The number of benzene rings is 3. The summed E-state index contributed by atoms with van der Waals surface area (Å²) >= 11 is 0. The van der Waals surface area contributed by atoms with Crippen LogP contribution in [0.25, 0.3) is 0 Å². The van der Waals surface area contributed by atoms with Crippen LogP contribution in [0.1, 0.15) is 32.6 Å². The lowest BCUT2D eigenvalue weighted by Crippen LogP contribution is -2.20. The second-order valence-corrected chi connectivity index (χ2v) is 9.72. The van der Waals surface area contributed by atoms with E-state index in [1.807, 2.05) is 18.2 Å². The first kappa shape index (κ1) is 21.9. The first-order valence-electron chi connectivity index (χ1n) is 10.2. The molecule has 0 atom stereocenters. The number of hydrogen-bond donors (Lipinski definition) is 3. The van der Waals surface area contributed by atoms with Crippen molar-refractivity contribution >= 4 is 27.4 Å². The fraction of sp³-hybridized carbons (Fsp3) is 0.208. The third kappa shape index (κ3) is 4.19. The Morgan fingerprint density at radius 1 is 0.969 bits per heavy atom.